The number of hydrogen-bond acceptors (Lipinski definition) is 3. The van der Waals surface area contributed by atoms with Gasteiger partial charge in [-0.1, -0.05) is 16.8 Å². The normalized spacial score (nSPS) is 10.4. The largest absolute Gasteiger partial charge is 0.350 e. The first-order valence-corrected chi connectivity index (χ1v) is 4.55. The van der Waals surface area contributed by atoms with E-state index in [-0.39, 0.29) is 0 Å². The highest BCUT2D eigenvalue weighted by Crippen LogP contribution is 2.18. The first-order chi connectivity index (χ1) is 6.79. The van der Waals surface area contributed by atoms with Crippen molar-refractivity contribution in [3.05, 3.63) is 35.2 Å². The second-order valence-corrected chi connectivity index (χ2v) is 3.21. The molecule has 2 aromatic rings. The van der Waals surface area contributed by atoms with Gasteiger partial charge in [0.1, 0.15) is 0 Å². The lowest BCUT2D eigenvalue weighted by molar-refractivity contribution is -0.391. The lowest BCUT2D eigenvalue weighted by Gasteiger charge is -1.92. The van der Waals surface area contributed by atoms with Crippen LogP contribution < -0.4 is 5.73 Å². The third-order valence-corrected chi connectivity index (χ3v) is 2.04. The molecule has 0 saturated heterocycles. The van der Waals surface area contributed by atoms with Crippen LogP contribution in [0.4, 0.5) is 0 Å². The Labute approximate surface area is 85.7 Å². The van der Waals surface area contributed by atoms with Gasteiger partial charge in [-0.2, -0.15) is 4.98 Å². The fraction of sp³-hybridized carbons (Fsp3) is 0.111. The zero-order valence-corrected chi connectivity index (χ0v) is 8.16. The molecular weight excluding hydrogens is 202 g/mol. The minimum absolute atomic E-state index is 0.501. The molecule has 1 aromatic carbocycles. The standard InChI is InChI=1S/C9H8ClN3O/c10-7-3-1-6(2-4-7)9-12-8(5-11)14-13-9/h1-4H,5,11H2/p+1. The molecule has 0 saturated carbocycles. The van der Waals surface area contributed by atoms with Gasteiger partial charge >= 0.3 is 0 Å². The highest BCUT2D eigenvalue weighted by Gasteiger charge is 2.07. The van der Waals surface area contributed by atoms with Crippen molar-refractivity contribution in [1.82, 2.24) is 10.1 Å². The summed E-state index contributed by atoms with van der Waals surface area (Å²) in [5, 5.41) is 4.51. The van der Waals surface area contributed by atoms with Crippen molar-refractivity contribution in [1.29, 1.82) is 0 Å². The lowest BCUT2D eigenvalue weighted by Crippen LogP contribution is -2.47. The number of halogens is 1. The van der Waals surface area contributed by atoms with Gasteiger partial charge in [-0.15, -0.1) is 0 Å². The molecule has 0 atom stereocenters. The fourth-order valence-corrected chi connectivity index (χ4v) is 1.20. The average Bonchev–Trinajstić information content (AvgIpc) is 2.67. The van der Waals surface area contributed by atoms with Crippen molar-refractivity contribution < 1.29 is 10.3 Å². The van der Waals surface area contributed by atoms with Gasteiger partial charge in [0.2, 0.25) is 5.82 Å². The van der Waals surface area contributed by atoms with Crippen molar-refractivity contribution in [2.45, 2.75) is 6.54 Å². The Hall–Kier alpha value is -1.39. The molecular formula is C9H9ClN3O+. The highest BCUT2D eigenvalue weighted by molar-refractivity contribution is 6.30. The summed E-state index contributed by atoms with van der Waals surface area (Å²) in [4.78, 5) is 4.15. The Bertz CT molecular complexity index is 424. The molecule has 0 amide bonds. The molecule has 0 aliphatic rings. The second kappa shape index (κ2) is 3.77. The van der Waals surface area contributed by atoms with Gasteiger partial charge in [0.25, 0.3) is 5.89 Å². The molecule has 0 bridgehead atoms. The number of nitrogens with zero attached hydrogens (tertiary/aromatic N) is 2. The molecule has 4 nitrogen and oxygen atoms in total. The van der Waals surface area contributed by atoms with Crippen LogP contribution >= 0.6 is 11.6 Å². The molecule has 2 rings (SSSR count). The summed E-state index contributed by atoms with van der Waals surface area (Å²) in [6.07, 6.45) is 0. The second-order valence-electron chi connectivity index (χ2n) is 2.77. The average molecular weight is 211 g/mol. The van der Waals surface area contributed by atoms with Crippen LogP contribution in [-0.4, -0.2) is 10.1 Å². The maximum atomic E-state index is 5.76. The van der Waals surface area contributed by atoms with Gasteiger partial charge in [-0.25, -0.2) is 0 Å². The van der Waals surface area contributed by atoms with E-state index in [9.17, 15) is 0 Å². The van der Waals surface area contributed by atoms with E-state index < -0.39 is 0 Å². The van der Waals surface area contributed by atoms with Crippen molar-refractivity contribution in [2.24, 2.45) is 0 Å². The molecule has 1 aromatic heterocycles. The highest BCUT2D eigenvalue weighted by atomic mass is 35.5. The number of rotatable bonds is 2. The summed E-state index contributed by atoms with van der Waals surface area (Å²) in [6.45, 7) is 0.501. The summed E-state index contributed by atoms with van der Waals surface area (Å²) < 4.78 is 4.94. The first-order valence-electron chi connectivity index (χ1n) is 4.17. The smallest absolute Gasteiger partial charge is 0.281 e. The Morgan fingerprint density at radius 1 is 1.29 bits per heavy atom. The third-order valence-electron chi connectivity index (χ3n) is 1.78. The van der Waals surface area contributed by atoms with Gasteiger partial charge in [0.15, 0.2) is 6.54 Å². The predicted molar refractivity (Wildman–Crippen MR) is 51.3 cm³/mol. The molecule has 14 heavy (non-hydrogen) atoms. The quantitative estimate of drug-likeness (QED) is 0.808. The van der Waals surface area contributed by atoms with E-state index in [4.69, 9.17) is 16.1 Å². The van der Waals surface area contributed by atoms with Gasteiger partial charge < -0.3 is 10.3 Å². The van der Waals surface area contributed by atoms with Crippen molar-refractivity contribution >= 4 is 11.6 Å². The summed E-state index contributed by atoms with van der Waals surface area (Å²) in [5.41, 5.74) is 4.55. The lowest BCUT2D eigenvalue weighted by atomic mass is 10.2. The summed E-state index contributed by atoms with van der Waals surface area (Å²) in [5.74, 6) is 1.11. The van der Waals surface area contributed by atoms with Gasteiger partial charge in [0.05, 0.1) is 0 Å². The number of benzene rings is 1. The van der Waals surface area contributed by atoms with E-state index in [1.54, 1.807) is 12.1 Å². The summed E-state index contributed by atoms with van der Waals surface area (Å²) in [6, 6.07) is 7.27. The Morgan fingerprint density at radius 3 is 2.57 bits per heavy atom. The third kappa shape index (κ3) is 1.76. The monoisotopic (exact) mass is 210 g/mol. The number of quaternary nitrogens is 1. The summed E-state index contributed by atoms with van der Waals surface area (Å²) in [7, 11) is 0. The molecule has 0 aliphatic heterocycles. The van der Waals surface area contributed by atoms with Gasteiger partial charge in [-0.3, -0.25) is 0 Å². The Balaban J connectivity index is 2.34. The molecule has 5 heteroatoms. The minimum atomic E-state index is 0.501. The molecule has 1 heterocycles. The zero-order chi connectivity index (χ0) is 9.97. The van der Waals surface area contributed by atoms with Crippen molar-refractivity contribution in [3.63, 3.8) is 0 Å². The van der Waals surface area contributed by atoms with Crippen LogP contribution in [-0.2, 0) is 6.54 Å². The molecule has 72 valence electrons. The van der Waals surface area contributed by atoms with Crippen LogP contribution in [0.2, 0.25) is 5.02 Å². The fourth-order valence-electron chi connectivity index (χ4n) is 1.07. The van der Waals surface area contributed by atoms with Gasteiger partial charge in [0, 0.05) is 10.6 Å². The molecule has 0 radical (unpaired) electrons. The van der Waals surface area contributed by atoms with Crippen LogP contribution in [0.1, 0.15) is 5.89 Å². The van der Waals surface area contributed by atoms with Crippen LogP contribution in [0.15, 0.2) is 28.8 Å². The van der Waals surface area contributed by atoms with Crippen LogP contribution in [0.25, 0.3) is 11.4 Å². The summed E-state index contributed by atoms with van der Waals surface area (Å²) >= 11 is 5.76. The number of hydrogen-bond donors (Lipinski definition) is 1. The Kier molecular flexibility index (Phi) is 2.47. The van der Waals surface area contributed by atoms with E-state index >= 15 is 0 Å². The molecule has 0 fully saturated rings. The SMILES string of the molecule is [NH3+]Cc1nc(-c2ccc(Cl)cc2)no1. The maximum Gasteiger partial charge on any atom is 0.281 e. The molecule has 0 spiro atoms. The minimum Gasteiger partial charge on any atom is -0.350 e. The topological polar surface area (TPSA) is 66.6 Å². The predicted octanol–water partition coefficient (Wildman–Crippen LogP) is 1.13. The van der Waals surface area contributed by atoms with E-state index in [0.717, 1.165) is 5.56 Å². The Morgan fingerprint density at radius 2 is 2.00 bits per heavy atom. The van der Waals surface area contributed by atoms with E-state index in [1.807, 2.05) is 12.1 Å². The van der Waals surface area contributed by atoms with Crippen LogP contribution in [0.3, 0.4) is 0 Å². The van der Waals surface area contributed by atoms with Crippen molar-refractivity contribution in [2.75, 3.05) is 0 Å². The van der Waals surface area contributed by atoms with Gasteiger partial charge in [-0.05, 0) is 24.3 Å². The van der Waals surface area contributed by atoms with E-state index in [1.165, 1.54) is 0 Å². The zero-order valence-electron chi connectivity index (χ0n) is 7.40. The van der Waals surface area contributed by atoms with E-state index in [0.29, 0.717) is 23.3 Å². The van der Waals surface area contributed by atoms with Crippen LogP contribution in [0, 0.1) is 0 Å². The molecule has 0 aliphatic carbocycles. The first kappa shape index (κ1) is 9.18. The number of aromatic nitrogens is 2. The maximum absolute atomic E-state index is 5.76. The van der Waals surface area contributed by atoms with E-state index in [2.05, 4.69) is 15.9 Å². The van der Waals surface area contributed by atoms with Crippen LogP contribution in [0.5, 0.6) is 0 Å². The van der Waals surface area contributed by atoms with Crippen molar-refractivity contribution in [3.8, 4) is 11.4 Å². The molecule has 3 N–H and O–H groups in total. The molecule has 0 unspecified atom stereocenters.